The lowest BCUT2D eigenvalue weighted by Gasteiger charge is -2.49. The third-order valence-corrected chi connectivity index (χ3v) is 7.27. The van der Waals surface area contributed by atoms with E-state index in [0.29, 0.717) is 15.5 Å². The Bertz CT molecular complexity index is 1130. The average Bonchev–Trinajstić information content (AvgIpc) is 2.70. The largest absolute Gasteiger partial charge is 0.477 e. The number of nitrogens with one attached hydrogen (secondary N) is 1. The molecule has 0 radical (unpaired) electrons. The number of sulfone groups is 1. The number of amides is 2. The average molecular weight is 487 g/mol. The Balaban J connectivity index is 1.88. The molecule has 1 aromatic carbocycles. The van der Waals surface area contributed by atoms with E-state index in [1.54, 1.807) is 12.1 Å². The fourth-order valence-electron chi connectivity index (χ4n) is 3.64. The molecule has 2 aliphatic rings. The lowest BCUT2D eigenvalue weighted by molar-refractivity contribution is -0.151. The number of rotatable bonds is 7. The quantitative estimate of drug-likeness (QED) is 0.336. The summed E-state index contributed by atoms with van der Waals surface area (Å²) in [5.41, 5.74) is -0.508. The number of aliphatic carboxylic acids is 1. The summed E-state index contributed by atoms with van der Waals surface area (Å²) < 4.78 is 30.3. The molecule has 1 saturated heterocycles. The molecule has 1 fully saturated rings. The number of β-lactam (4-membered cyclic amide) rings is 1. The van der Waals surface area contributed by atoms with Crippen molar-refractivity contribution < 1.29 is 42.5 Å². The Morgan fingerprint density at radius 1 is 1.34 bits per heavy atom. The number of benzene rings is 1. The van der Waals surface area contributed by atoms with Gasteiger partial charge in [0.05, 0.1) is 18.3 Å². The summed E-state index contributed by atoms with van der Waals surface area (Å²) in [5, 5.41) is 20.2. The predicted molar refractivity (Wildman–Crippen MR) is 109 cm³/mol. The first-order valence-electron chi connectivity index (χ1n) is 9.28. The number of carboxylic acid groups (broad SMARTS) is 1. The zero-order valence-corrected chi connectivity index (χ0v) is 18.2. The van der Waals surface area contributed by atoms with Gasteiger partial charge in [-0.05, 0) is 17.7 Å². The second kappa shape index (κ2) is 8.88. The van der Waals surface area contributed by atoms with Gasteiger partial charge in [-0.1, -0.05) is 23.7 Å². The third kappa shape index (κ3) is 4.33. The molecule has 172 valence electrons. The summed E-state index contributed by atoms with van der Waals surface area (Å²) in [5.74, 6) is -5.99. The van der Waals surface area contributed by atoms with Gasteiger partial charge >= 0.3 is 11.9 Å². The van der Waals surface area contributed by atoms with Crippen LogP contribution in [0.1, 0.15) is 18.4 Å². The molecule has 1 aromatic rings. The molecule has 1 unspecified atom stereocenters. The van der Waals surface area contributed by atoms with E-state index in [4.69, 9.17) is 16.3 Å². The van der Waals surface area contributed by atoms with E-state index in [1.165, 1.54) is 12.1 Å². The summed E-state index contributed by atoms with van der Waals surface area (Å²) >= 11 is 5.91. The van der Waals surface area contributed by atoms with Crippen LogP contribution in [0.5, 0.6) is 0 Å². The summed E-state index contributed by atoms with van der Waals surface area (Å²) in [6.45, 7) is -0.176. The first-order valence-corrected chi connectivity index (χ1v) is 11.4. The van der Waals surface area contributed by atoms with Crippen molar-refractivity contribution in [2.45, 2.75) is 24.3 Å². The molecule has 0 bridgehead atoms. The van der Waals surface area contributed by atoms with E-state index >= 15 is 0 Å². The molecule has 0 aromatic heterocycles. The van der Waals surface area contributed by atoms with Crippen LogP contribution in [0.25, 0.3) is 0 Å². The number of carbonyl (C=O) groups is 4. The predicted octanol–water partition coefficient (Wildman–Crippen LogP) is -0.601. The van der Waals surface area contributed by atoms with E-state index in [2.05, 4.69) is 5.32 Å². The van der Waals surface area contributed by atoms with Gasteiger partial charge in [0.2, 0.25) is 5.91 Å². The van der Waals surface area contributed by atoms with Gasteiger partial charge in [0.1, 0.15) is 18.3 Å². The van der Waals surface area contributed by atoms with Gasteiger partial charge < -0.3 is 20.3 Å². The smallest absolute Gasteiger partial charge is 0.352 e. The first-order chi connectivity index (χ1) is 15.0. The molecule has 0 spiro atoms. The molecule has 11 nitrogen and oxygen atoms in total. The van der Waals surface area contributed by atoms with Gasteiger partial charge in [-0.25, -0.2) is 13.2 Å². The van der Waals surface area contributed by atoms with Crippen molar-refractivity contribution in [1.82, 2.24) is 10.2 Å². The number of aliphatic hydroxyl groups is 1. The van der Waals surface area contributed by atoms with Gasteiger partial charge in [0.25, 0.3) is 5.91 Å². The van der Waals surface area contributed by atoms with Crippen LogP contribution >= 0.6 is 11.6 Å². The molecule has 3 rings (SSSR count). The summed E-state index contributed by atoms with van der Waals surface area (Å²) in [7, 11) is -4.12. The maximum Gasteiger partial charge on any atom is 0.352 e. The fraction of sp³-hybridized carbons (Fsp3) is 0.368. The van der Waals surface area contributed by atoms with Crippen LogP contribution in [-0.4, -0.2) is 77.7 Å². The maximum absolute atomic E-state index is 12.8. The topological polar surface area (TPSA) is 167 Å². The van der Waals surface area contributed by atoms with Gasteiger partial charge in [0.15, 0.2) is 15.2 Å². The Hall–Kier alpha value is -2.96. The van der Waals surface area contributed by atoms with E-state index in [0.717, 1.165) is 6.92 Å². The van der Waals surface area contributed by atoms with Crippen molar-refractivity contribution in [3.8, 4) is 0 Å². The number of halogens is 1. The van der Waals surface area contributed by atoms with Crippen molar-refractivity contribution in [2.24, 2.45) is 0 Å². The first kappa shape index (κ1) is 23.7. The Morgan fingerprint density at radius 2 is 2.03 bits per heavy atom. The van der Waals surface area contributed by atoms with Gasteiger partial charge in [-0.15, -0.1) is 0 Å². The fourth-order valence-corrected chi connectivity index (χ4v) is 5.84. The standard InChI is InChI=1S/C19H19ClN2O9S/c1-9(24)31-7-11-8-32(29,30)18-14(17(26)22(18)15(11)19(27)28)21-16(25)13(6-23)10-3-2-4-12(20)5-10/h2-5,13-14,18,23H,6-8H2,1H3,(H,21,25)(H,27,28)/t13?,14-,18-/m0/s1. The van der Waals surface area contributed by atoms with Gasteiger partial charge in [-0.3, -0.25) is 19.3 Å². The number of nitrogens with zero attached hydrogens (tertiary/aromatic N) is 1. The lowest BCUT2D eigenvalue weighted by Crippen LogP contribution is -2.75. The summed E-state index contributed by atoms with van der Waals surface area (Å²) in [6, 6.07) is 4.56. The van der Waals surface area contributed by atoms with Crippen molar-refractivity contribution in [3.63, 3.8) is 0 Å². The number of hydrogen-bond acceptors (Lipinski definition) is 8. The number of fused-ring (bicyclic) bond motifs is 1. The zero-order valence-electron chi connectivity index (χ0n) is 16.6. The van der Waals surface area contributed by atoms with E-state index in [-0.39, 0.29) is 5.57 Å². The Labute approximate surface area is 187 Å². The van der Waals surface area contributed by atoms with Crippen molar-refractivity contribution in [1.29, 1.82) is 0 Å². The molecule has 3 N–H and O–H groups in total. The minimum absolute atomic E-state index is 0.255. The van der Waals surface area contributed by atoms with Crippen LogP contribution < -0.4 is 5.32 Å². The third-order valence-electron chi connectivity index (χ3n) is 5.06. The maximum atomic E-state index is 12.8. The molecule has 2 heterocycles. The molecule has 0 saturated carbocycles. The summed E-state index contributed by atoms with van der Waals surface area (Å²) in [4.78, 5) is 48.7. The van der Waals surface area contributed by atoms with Crippen molar-refractivity contribution >= 4 is 45.2 Å². The number of carbonyl (C=O) groups excluding carboxylic acids is 3. The van der Waals surface area contributed by atoms with Crippen molar-refractivity contribution in [2.75, 3.05) is 19.0 Å². The van der Waals surface area contributed by atoms with Crippen molar-refractivity contribution in [3.05, 3.63) is 46.1 Å². The molecule has 2 aliphatic heterocycles. The van der Waals surface area contributed by atoms with E-state index in [9.17, 15) is 37.8 Å². The molecule has 2 amide bonds. The molecule has 3 atom stereocenters. The highest BCUT2D eigenvalue weighted by molar-refractivity contribution is 7.92. The van der Waals surface area contributed by atoms with Crippen LogP contribution in [0.4, 0.5) is 0 Å². The monoisotopic (exact) mass is 486 g/mol. The molecule has 13 heteroatoms. The Kier molecular flexibility index (Phi) is 6.58. The van der Waals surface area contributed by atoms with Crippen LogP contribution in [0.2, 0.25) is 5.02 Å². The number of carboxylic acids is 1. The van der Waals surface area contributed by atoms with Crippen LogP contribution in [0.15, 0.2) is 35.5 Å². The second-order valence-corrected chi connectivity index (χ2v) is 9.75. The minimum Gasteiger partial charge on any atom is -0.477 e. The Morgan fingerprint density at radius 3 is 2.59 bits per heavy atom. The highest BCUT2D eigenvalue weighted by atomic mass is 35.5. The second-order valence-electron chi connectivity index (χ2n) is 7.22. The molecule has 0 aliphatic carbocycles. The lowest BCUT2D eigenvalue weighted by atomic mass is 9.97. The molecular weight excluding hydrogens is 468 g/mol. The highest BCUT2D eigenvalue weighted by Crippen LogP contribution is 2.37. The SMILES string of the molecule is CC(=O)OCC1=C(C(=O)O)N2C(=O)[C@H](NC(=O)C(CO)c3cccc(Cl)c3)[C@@H]2S(=O)(=O)C1. The molecular formula is C19H19ClN2O9S. The number of hydrogen-bond donors (Lipinski definition) is 3. The van der Waals surface area contributed by atoms with E-state index < -0.39 is 75.6 Å². The highest BCUT2D eigenvalue weighted by Gasteiger charge is 2.60. The zero-order chi connectivity index (χ0) is 23.8. The van der Waals surface area contributed by atoms with E-state index in [1.807, 2.05) is 0 Å². The van der Waals surface area contributed by atoms with Gasteiger partial charge in [0, 0.05) is 17.5 Å². The van der Waals surface area contributed by atoms with Crippen LogP contribution in [-0.2, 0) is 33.8 Å². The van der Waals surface area contributed by atoms with Crippen LogP contribution in [0, 0.1) is 0 Å². The summed E-state index contributed by atoms with van der Waals surface area (Å²) in [6.07, 6.45) is 0. The minimum atomic E-state index is -4.12. The number of esters is 1. The van der Waals surface area contributed by atoms with Gasteiger partial charge in [-0.2, -0.15) is 0 Å². The number of aliphatic hydroxyl groups excluding tert-OH is 1. The molecule has 32 heavy (non-hydrogen) atoms. The normalized spacial score (nSPS) is 22.5. The number of ether oxygens (including phenoxy) is 1. The van der Waals surface area contributed by atoms with Crippen LogP contribution in [0.3, 0.4) is 0 Å².